The molecule has 11 heteroatoms. The molecule has 0 bridgehead atoms. The molecule has 0 aliphatic carbocycles. The molecule has 1 heterocycles. The number of esters is 2. The van der Waals surface area contributed by atoms with Crippen molar-refractivity contribution in [3.63, 3.8) is 0 Å². The number of nitrogens with zero attached hydrogens (tertiary/aromatic N) is 1. The van der Waals surface area contributed by atoms with E-state index in [1.807, 2.05) is 30.3 Å². The highest BCUT2D eigenvalue weighted by atomic mass is 16.7. The summed E-state index contributed by atoms with van der Waals surface area (Å²) >= 11 is 0. The van der Waals surface area contributed by atoms with Crippen LogP contribution in [-0.4, -0.2) is 68.7 Å². The lowest BCUT2D eigenvalue weighted by Crippen LogP contribution is -2.43. The maximum absolute atomic E-state index is 12.9. The molecule has 0 aliphatic heterocycles. The molecule has 202 valence electrons. The summed E-state index contributed by atoms with van der Waals surface area (Å²) in [5, 5.41) is 2.55. The van der Waals surface area contributed by atoms with Crippen molar-refractivity contribution in [2.75, 3.05) is 27.6 Å². The predicted molar refractivity (Wildman–Crippen MR) is 132 cm³/mol. The summed E-state index contributed by atoms with van der Waals surface area (Å²) in [5.74, 6) is -1.75. The molecule has 0 fully saturated rings. The zero-order valence-electron chi connectivity index (χ0n) is 21.7. The molecule has 1 N–H and O–H groups in total. The van der Waals surface area contributed by atoms with Crippen molar-refractivity contribution in [3.05, 3.63) is 53.9 Å². The SMILES string of the molecule is COCC[C@@H](OCc1ccccc1)[C@H](C)OC(=O)[C@H](C)NC(=O)c1nccc(OC)c1OCOC(C)=O. The van der Waals surface area contributed by atoms with Crippen molar-refractivity contribution in [1.29, 1.82) is 0 Å². The molecule has 0 radical (unpaired) electrons. The van der Waals surface area contributed by atoms with Crippen LogP contribution < -0.4 is 14.8 Å². The molecule has 0 unspecified atom stereocenters. The standard InChI is InChI=1S/C26H34N2O9/c1-17(28-25(30)23-24(36-16-35-19(3)29)22(33-5)11-13-27-23)26(31)37-18(2)21(12-14-32-4)34-15-20-9-7-6-8-10-20/h6-11,13,17-18,21H,12,14-16H2,1-5H3,(H,28,30)/t17-,18-,21+/m0/s1. The first-order valence-corrected chi connectivity index (χ1v) is 11.7. The van der Waals surface area contributed by atoms with Crippen LogP contribution in [0, 0.1) is 0 Å². The second kappa shape index (κ2) is 15.4. The number of carbonyl (C=O) groups is 3. The van der Waals surface area contributed by atoms with Gasteiger partial charge in [-0.1, -0.05) is 30.3 Å². The lowest BCUT2D eigenvalue weighted by molar-refractivity contribution is -0.159. The van der Waals surface area contributed by atoms with Gasteiger partial charge in [0.15, 0.2) is 17.2 Å². The van der Waals surface area contributed by atoms with Gasteiger partial charge < -0.3 is 33.7 Å². The lowest BCUT2D eigenvalue weighted by atomic mass is 10.1. The molecule has 37 heavy (non-hydrogen) atoms. The molecule has 0 spiro atoms. The van der Waals surface area contributed by atoms with E-state index in [-0.39, 0.29) is 17.2 Å². The van der Waals surface area contributed by atoms with Crippen molar-refractivity contribution in [3.8, 4) is 11.5 Å². The lowest BCUT2D eigenvalue weighted by Gasteiger charge is -2.26. The molecule has 2 aromatic rings. The van der Waals surface area contributed by atoms with Crippen LogP contribution in [0.3, 0.4) is 0 Å². The maximum atomic E-state index is 12.9. The molecule has 0 aliphatic rings. The molecule has 0 saturated heterocycles. The van der Waals surface area contributed by atoms with Crippen molar-refractivity contribution in [2.24, 2.45) is 0 Å². The minimum Gasteiger partial charge on any atom is -0.493 e. The van der Waals surface area contributed by atoms with E-state index < -0.39 is 42.9 Å². The van der Waals surface area contributed by atoms with E-state index in [1.165, 1.54) is 33.2 Å². The Morgan fingerprint density at radius 3 is 2.43 bits per heavy atom. The minimum atomic E-state index is -1.01. The summed E-state index contributed by atoms with van der Waals surface area (Å²) in [5.41, 5.74) is 0.838. The third kappa shape index (κ3) is 9.70. The zero-order valence-corrected chi connectivity index (χ0v) is 21.7. The van der Waals surface area contributed by atoms with Crippen molar-refractivity contribution in [1.82, 2.24) is 10.3 Å². The molecule has 1 aromatic heterocycles. The number of aromatic nitrogens is 1. The summed E-state index contributed by atoms with van der Waals surface area (Å²) in [6.45, 7) is 4.76. The van der Waals surface area contributed by atoms with E-state index in [0.29, 0.717) is 19.6 Å². The molecule has 1 amide bonds. The Hall–Kier alpha value is -3.70. The van der Waals surface area contributed by atoms with Gasteiger partial charge in [-0.2, -0.15) is 0 Å². The molecule has 3 atom stereocenters. The number of hydrogen-bond donors (Lipinski definition) is 1. The topological polar surface area (TPSA) is 132 Å². The van der Waals surface area contributed by atoms with Gasteiger partial charge in [-0.15, -0.1) is 0 Å². The van der Waals surface area contributed by atoms with Crippen LogP contribution in [0.2, 0.25) is 0 Å². The molecular weight excluding hydrogens is 484 g/mol. The third-order valence-electron chi connectivity index (χ3n) is 5.21. The van der Waals surface area contributed by atoms with Gasteiger partial charge in [0.2, 0.25) is 6.79 Å². The van der Waals surface area contributed by atoms with Crippen LogP contribution in [0.25, 0.3) is 0 Å². The number of pyridine rings is 1. The van der Waals surface area contributed by atoms with Gasteiger partial charge in [0.25, 0.3) is 5.91 Å². The fraction of sp³-hybridized carbons (Fsp3) is 0.462. The fourth-order valence-electron chi connectivity index (χ4n) is 3.21. The van der Waals surface area contributed by atoms with Crippen LogP contribution in [0.5, 0.6) is 11.5 Å². The van der Waals surface area contributed by atoms with Crippen LogP contribution >= 0.6 is 0 Å². The fourth-order valence-corrected chi connectivity index (χ4v) is 3.21. The summed E-state index contributed by atoms with van der Waals surface area (Å²) in [6, 6.07) is 10.1. The number of carbonyl (C=O) groups excluding carboxylic acids is 3. The van der Waals surface area contributed by atoms with Gasteiger partial charge in [0.05, 0.1) is 19.8 Å². The number of rotatable bonds is 15. The van der Waals surface area contributed by atoms with Crippen molar-refractivity contribution < 1.29 is 42.8 Å². The second-order valence-corrected chi connectivity index (χ2v) is 8.04. The number of ether oxygens (including phenoxy) is 6. The van der Waals surface area contributed by atoms with Gasteiger partial charge in [-0.05, 0) is 19.4 Å². The zero-order chi connectivity index (χ0) is 27.2. The normalized spacial score (nSPS) is 13.1. The highest BCUT2D eigenvalue weighted by molar-refractivity contribution is 5.98. The highest BCUT2D eigenvalue weighted by Crippen LogP contribution is 2.29. The number of benzene rings is 1. The highest BCUT2D eigenvalue weighted by Gasteiger charge is 2.27. The summed E-state index contributed by atoms with van der Waals surface area (Å²) < 4.78 is 32.1. The van der Waals surface area contributed by atoms with Gasteiger partial charge in [0.1, 0.15) is 12.1 Å². The van der Waals surface area contributed by atoms with Crippen LogP contribution in [0.15, 0.2) is 42.6 Å². The Bertz CT molecular complexity index is 1020. The largest absolute Gasteiger partial charge is 0.493 e. The van der Waals surface area contributed by atoms with E-state index >= 15 is 0 Å². The van der Waals surface area contributed by atoms with Gasteiger partial charge in [-0.25, -0.2) is 9.78 Å². The van der Waals surface area contributed by atoms with E-state index in [9.17, 15) is 14.4 Å². The van der Waals surface area contributed by atoms with Crippen molar-refractivity contribution in [2.45, 2.75) is 52.0 Å². The first-order chi connectivity index (χ1) is 17.8. The van der Waals surface area contributed by atoms with E-state index in [4.69, 9.17) is 28.4 Å². The van der Waals surface area contributed by atoms with Crippen molar-refractivity contribution >= 4 is 17.8 Å². The number of nitrogens with one attached hydrogen (secondary N) is 1. The Morgan fingerprint density at radius 2 is 1.78 bits per heavy atom. The Balaban J connectivity index is 2.02. The monoisotopic (exact) mass is 518 g/mol. The maximum Gasteiger partial charge on any atom is 0.328 e. The molecule has 11 nitrogen and oxygen atoms in total. The van der Waals surface area contributed by atoms with E-state index in [0.717, 1.165) is 5.56 Å². The average Bonchev–Trinajstić information content (AvgIpc) is 2.88. The smallest absolute Gasteiger partial charge is 0.328 e. The quantitative estimate of drug-likeness (QED) is 0.277. The first kappa shape index (κ1) is 29.5. The Morgan fingerprint density at radius 1 is 1.05 bits per heavy atom. The number of hydrogen-bond acceptors (Lipinski definition) is 10. The predicted octanol–water partition coefficient (Wildman–Crippen LogP) is 2.66. The van der Waals surface area contributed by atoms with Gasteiger partial charge in [-0.3, -0.25) is 9.59 Å². The summed E-state index contributed by atoms with van der Waals surface area (Å²) in [4.78, 5) is 40.7. The third-order valence-corrected chi connectivity index (χ3v) is 5.21. The Kier molecular flexibility index (Phi) is 12.3. The van der Waals surface area contributed by atoms with E-state index in [2.05, 4.69) is 10.3 Å². The molecular formula is C26H34N2O9. The molecule has 0 saturated carbocycles. The number of methoxy groups -OCH3 is 2. The Labute approximate surface area is 216 Å². The van der Waals surface area contributed by atoms with E-state index in [1.54, 1.807) is 14.0 Å². The van der Waals surface area contributed by atoms with Gasteiger partial charge in [0, 0.05) is 39.3 Å². The second-order valence-electron chi connectivity index (χ2n) is 8.04. The minimum absolute atomic E-state index is 0.0355. The van der Waals surface area contributed by atoms with Crippen LogP contribution in [-0.2, 0) is 35.1 Å². The summed E-state index contributed by atoms with van der Waals surface area (Å²) in [6.07, 6.45) is 0.827. The first-order valence-electron chi connectivity index (χ1n) is 11.7. The number of amides is 1. The molecule has 2 rings (SSSR count). The van der Waals surface area contributed by atoms with Crippen LogP contribution in [0.1, 0.15) is 43.2 Å². The molecule has 1 aromatic carbocycles. The summed E-state index contributed by atoms with van der Waals surface area (Å²) in [7, 11) is 2.97. The van der Waals surface area contributed by atoms with Gasteiger partial charge >= 0.3 is 11.9 Å². The van der Waals surface area contributed by atoms with Crippen LogP contribution in [0.4, 0.5) is 0 Å². The average molecular weight is 519 g/mol.